The zero-order chi connectivity index (χ0) is 20.3. The maximum absolute atomic E-state index is 11.6. The van der Waals surface area contributed by atoms with Crippen molar-refractivity contribution < 1.29 is 14.3 Å². The van der Waals surface area contributed by atoms with E-state index in [2.05, 4.69) is 9.97 Å². The van der Waals surface area contributed by atoms with Crippen LogP contribution in [0.1, 0.15) is 50.0 Å². The van der Waals surface area contributed by atoms with Crippen LogP contribution in [0.4, 0.5) is 5.82 Å². The molecule has 6 rings (SSSR count). The molecule has 1 aromatic carbocycles. The maximum atomic E-state index is 11.6. The molecule has 30 heavy (non-hydrogen) atoms. The van der Waals surface area contributed by atoms with Gasteiger partial charge in [-0.3, -0.25) is 4.79 Å². The molecule has 4 heterocycles. The van der Waals surface area contributed by atoms with Gasteiger partial charge in [-0.25, -0.2) is 9.97 Å². The molecular weight excluding hydrogens is 380 g/mol. The molecule has 2 bridgehead atoms. The van der Waals surface area contributed by atoms with Crippen LogP contribution in [0.5, 0.6) is 5.75 Å². The molecule has 2 N–H and O–H groups in total. The quantitative estimate of drug-likeness (QED) is 0.699. The Balaban J connectivity index is 1.34. The number of carbonyl (C=O) groups is 1. The molecule has 2 saturated heterocycles. The SMILES string of the molecule is Nc1ncnc2c(C3CC(=O)C3)cn(-c3cccc(OCC45CCC(CC4)O5)c3)c12. The second kappa shape index (κ2) is 6.54. The minimum atomic E-state index is -0.108. The highest BCUT2D eigenvalue weighted by Crippen LogP contribution is 2.44. The molecule has 0 amide bonds. The lowest BCUT2D eigenvalue weighted by atomic mass is 9.79. The lowest BCUT2D eigenvalue weighted by Crippen LogP contribution is -2.32. The first-order valence-corrected chi connectivity index (χ1v) is 10.6. The molecule has 1 aliphatic carbocycles. The predicted molar refractivity (Wildman–Crippen MR) is 112 cm³/mol. The molecule has 2 aliphatic heterocycles. The Morgan fingerprint density at radius 1 is 1.23 bits per heavy atom. The minimum absolute atomic E-state index is 0.108. The molecule has 7 nitrogen and oxygen atoms in total. The van der Waals surface area contributed by atoms with Gasteiger partial charge in [-0.15, -0.1) is 0 Å². The van der Waals surface area contributed by atoms with Gasteiger partial charge in [0.25, 0.3) is 0 Å². The smallest absolute Gasteiger partial charge is 0.151 e. The molecular formula is C23H24N4O3. The van der Waals surface area contributed by atoms with Gasteiger partial charge in [0, 0.05) is 42.3 Å². The summed E-state index contributed by atoms with van der Waals surface area (Å²) in [5.74, 6) is 1.72. The number of hydrogen-bond donors (Lipinski definition) is 1. The van der Waals surface area contributed by atoms with E-state index in [1.807, 2.05) is 35.0 Å². The van der Waals surface area contributed by atoms with Crippen molar-refractivity contribution in [3.8, 4) is 11.4 Å². The molecule has 0 spiro atoms. The number of benzene rings is 1. The summed E-state index contributed by atoms with van der Waals surface area (Å²) in [5, 5.41) is 0. The molecule has 0 radical (unpaired) electrons. The van der Waals surface area contributed by atoms with Crippen LogP contribution in [0.2, 0.25) is 0 Å². The molecule has 3 fully saturated rings. The van der Waals surface area contributed by atoms with Crippen molar-refractivity contribution >= 4 is 22.6 Å². The van der Waals surface area contributed by atoms with Gasteiger partial charge < -0.3 is 19.8 Å². The first kappa shape index (κ1) is 17.9. The average Bonchev–Trinajstić information content (AvgIpc) is 3.44. The van der Waals surface area contributed by atoms with Crippen LogP contribution in [0, 0.1) is 0 Å². The Kier molecular flexibility index (Phi) is 3.90. The van der Waals surface area contributed by atoms with E-state index in [1.54, 1.807) is 0 Å². The lowest BCUT2D eigenvalue weighted by molar-refractivity contribution is -0.124. The number of aromatic nitrogens is 3. The number of nitrogens with two attached hydrogens (primary N) is 1. The van der Waals surface area contributed by atoms with Crippen LogP contribution in [0.3, 0.4) is 0 Å². The number of rotatable bonds is 5. The van der Waals surface area contributed by atoms with E-state index < -0.39 is 0 Å². The third kappa shape index (κ3) is 2.80. The summed E-state index contributed by atoms with van der Waals surface area (Å²) >= 11 is 0. The summed E-state index contributed by atoms with van der Waals surface area (Å²) in [6.07, 6.45) is 9.53. The molecule has 7 heteroatoms. The van der Waals surface area contributed by atoms with Gasteiger partial charge in [0.15, 0.2) is 5.82 Å². The highest BCUT2D eigenvalue weighted by molar-refractivity contribution is 5.93. The largest absolute Gasteiger partial charge is 0.491 e. The summed E-state index contributed by atoms with van der Waals surface area (Å²) in [7, 11) is 0. The minimum Gasteiger partial charge on any atom is -0.491 e. The van der Waals surface area contributed by atoms with Crippen molar-refractivity contribution in [2.24, 2.45) is 0 Å². The number of carbonyl (C=O) groups excluding carboxylic acids is 1. The monoisotopic (exact) mass is 404 g/mol. The third-order valence-electron chi connectivity index (χ3n) is 6.88. The summed E-state index contributed by atoms with van der Waals surface area (Å²) in [6, 6.07) is 7.98. The van der Waals surface area contributed by atoms with Gasteiger partial charge >= 0.3 is 0 Å². The van der Waals surface area contributed by atoms with Crippen LogP contribution < -0.4 is 10.5 Å². The number of fused-ring (bicyclic) bond motifs is 3. The van der Waals surface area contributed by atoms with Gasteiger partial charge in [-0.1, -0.05) is 6.07 Å². The fourth-order valence-electron chi connectivity index (χ4n) is 5.14. The Hall–Kier alpha value is -2.93. The van der Waals surface area contributed by atoms with Crippen LogP contribution >= 0.6 is 0 Å². The molecule has 0 unspecified atom stereocenters. The van der Waals surface area contributed by atoms with Gasteiger partial charge in [0.1, 0.15) is 35.6 Å². The molecule has 2 aromatic heterocycles. The van der Waals surface area contributed by atoms with Crippen LogP contribution in [-0.2, 0) is 9.53 Å². The first-order chi connectivity index (χ1) is 14.6. The molecule has 1 saturated carbocycles. The van der Waals surface area contributed by atoms with Crippen molar-refractivity contribution in [1.82, 2.24) is 14.5 Å². The summed E-state index contributed by atoms with van der Waals surface area (Å²) in [4.78, 5) is 20.2. The van der Waals surface area contributed by atoms with Crippen LogP contribution in [0.25, 0.3) is 16.7 Å². The number of ether oxygens (including phenoxy) is 2. The number of hydrogen-bond acceptors (Lipinski definition) is 6. The Morgan fingerprint density at radius 2 is 2.07 bits per heavy atom. The van der Waals surface area contributed by atoms with Crippen LogP contribution in [0.15, 0.2) is 36.8 Å². The summed E-state index contributed by atoms with van der Waals surface area (Å²) < 4.78 is 14.3. The maximum Gasteiger partial charge on any atom is 0.151 e. The van der Waals surface area contributed by atoms with E-state index in [9.17, 15) is 4.79 Å². The molecule has 3 aliphatic rings. The average molecular weight is 404 g/mol. The highest BCUT2D eigenvalue weighted by Gasteiger charge is 2.46. The second-order valence-electron chi connectivity index (χ2n) is 8.84. The van der Waals surface area contributed by atoms with E-state index in [-0.39, 0.29) is 11.5 Å². The lowest BCUT2D eigenvalue weighted by Gasteiger charge is -2.24. The van der Waals surface area contributed by atoms with E-state index in [0.29, 0.717) is 37.2 Å². The van der Waals surface area contributed by atoms with Crippen molar-refractivity contribution in [2.75, 3.05) is 12.3 Å². The Bertz CT molecular complexity index is 1140. The summed E-state index contributed by atoms with van der Waals surface area (Å²) in [6.45, 7) is 0.583. The van der Waals surface area contributed by atoms with Gasteiger partial charge in [0.2, 0.25) is 0 Å². The molecule has 0 atom stereocenters. The zero-order valence-electron chi connectivity index (χ0n) is 16.7. The fourth-order valence-corrected chi connectivity index (χ4v) is 5.14. The van der Waals surface area contributed by atoms with Gasteiger partial charge in [0.05, 0.1) is 11.6 Å². The fraction of sp³-hybridized carbons (Fsp3) is 0.435. The molecule has 3 aromatic rings. The van der Waals surface area contributed by atoms with Crippen LogP contribution in [-0.4, -0.2) is 38.6 Å². The van der Waals surface area contributed by atoms with E-state index in [0.717, 1.165) is 53.7 Å². The number of ketones is 1. The van der Waals surface area contributed by atoms with Gasteiger partial charge in [-0.05, 0) is 37.8 Å². The number of anilines is 1. The topological polar surface area (TPSA) is 92.3 Å². The number of nitrogens with zero attached hydrogens (tertiary/aromatic N) is 3. The third-order valence-corrected chi connectivity index (χ3v) is 6.88. The van der Waals surface area contributed by atoms with Crippen molar-refractivity contribution in [3.63, 3.8) is 0 Å². The predicted octanol–water partition coefficient (Wildman–Crippen LogP) is 3.54. The molecule has 154 valence electrons. The van der Waals surface area contributed by atoms with E-state index in [1.165, 1.54) is 6.33 Å². The first-order valence-electron chi connectivity index (χ1n) is 10.6. The van der Waals surface area contributed by atoms with Gasteiger partial charge in [-0.2, -0.15) is 0 Å². The summed E-state index contributed by atoms with van der Waals surface area (Å²) in [5.41, 5.74) is 9.71. The highest BCUT2D eigenvalue weighted by atomic mass is 16.6. The standard InChI is InChI=1S/C23H24N4O3/c24-22-21-20(25-13-26-22)19(14-8-16(28)9-14)11-27(21)15-2-1-3-18(10-15)29-12-23-6-4-17(30-23)5-7-23/h1-3,10-11,13-14,17H,4-9,12H2,(H2,24,25,26). The number of Topliss-reactive ketones (excluding diaryl/α,β-unsaturated/α-hetero) is 1. The van der Waals surface area contributed by atoms with Crippen molar-refractivity contribution in [1.29, 1.82) is 0 Å². The second-order valence-corrected chi connectivity index (χ2v) is 8.84. The Labute approximate surface area is 174 Å². The zero-order valence-corrected chi connectivity index (χ0v) is 16.7. The van der Waals surface area contributed by atoms with Crippen molar-refractivity contribution in [2.45, 2.75) is 56.1 Å². The normalized spacial score (nSPS) is 25.7. The number of nitrogen functional groups attached to an aromatic ring is 1. The Morgan fingerprint density at radius 3 is 2.80 bits per heavy atom. The van der Waals surface area contributed by atoms with Crippen molar-refractivity contribution in [3.05, 3.63) is 42.4 Å². The van der Waals surface area contributed by atoms with E-state index in [4.69, 9.17) is 15.2 Å². The van der Waals surface area contributed by atoms with E-state index >= 15 is 0 Å².